The fraction of sp³-hybridized carbons (Fsp3) is 0.533. The summed E-state index contributed by atoms with van der Waals surface area (Å²) in [5.74, 6) is 0.0811. The summed E-state index contributed by atoms with van der Waals surface area (Å²) in [5.41, 5.74) is 7.82. The average molecular weight is 248 g/mol. The summed E-state index contributed by atoms with van der Waals surface area (Å²) in [5, 5.41) is 2.94. The lowest BCUT2D eigenvalue weighted by Crippen LogP contribution is -2.48. The Morgan fingerprint density at radius 2 is 1.89 bits per heavy atom. The Morgan fingerprint density at radius 1 is 1.28 bits per heavy atom. The summed E-state index contributed by atoms with van der Waals surface area (Å²) < 4.78 is 0. The van der Waals surface area contributed by atoms with Crippen molar-refractivity contribution in [3.63, 3.8) is 0 Å². The normalized spacial score (nSPS) is 11.3. The van der Waals surface area contributed by atoms with Gasteiger partial charge in [0.25, 0.3) is 0 Å². The number of nitrogens with two attached hydrogens (primary N) is 1. The zero-order valence-corrected chi connectivity index (χ0v) is 11.6. The molecule has 0 spiro atoms. The third-order valence-corrected chi connectivity index (χ3v) is 2.98. The standard InChI is InChI=1S/C15H24N2O/c1-12-7-9-13(10-8-12)5-4-6-14(18)17-15(2,3)11-16/h7-10H,4-6,11,16H2,1-3H3,(H,17,18). The Bertz CT molecular complexity index is 382. The molecular weight excluding hydrogens is 224 g/mol. The minimum atomic E-state index is -0.305. The minimum Gasteiger partial charge on any atom is -0.350 e. The number of nitrogens with one attached hydrogen (secondary N) is 1. The molecule has 0 aliphatic carbocycles. The van der Waals surface area contributed by atoms with Crippen LogP contribution in [0.3, 0.4) is 0 Å². The molecule has 3 heteroatoms. The summed E-state index contributed by atoms with van der Waals surface area (Å²) in [6.45, 7) is 6.40. The lowest BCUT2D eigenvalue weighted by molar-refractivity contribution is -0.122. The quantitative estimate of drug-likeness (QED) is 0.810. The highest BCUT2D eigenvalue weighted by Crippen LogP contribution is 2.08. The first-order valence-corrected chi connectivity index (χ1v) is 6.49. The maximum Gasteiger partial charge on any atom is 0.220 e. The van der Waals surface area contributed by atoms with E-state index in [1.807, 2.05) is 13.8 Å². The predicted octanol–water partition coefficient (Wildman–Crippen LogP) is 2.17. The van der Waals surface area contributed by atoms with Crippen LogP contribution < -0.4 is 11.1 Å². The summed E-state index contributed by atoms with van der Waals surface area (Å²) >= 11 is 0. The van der Waals surface area contributed by atoms with Crippen LogP contribution in [0.4, 0.5) is 0 Å². The molecule has 0 aliphatic heterocycles. The van der Waals surface area contributed by atoms with Gasteiger partial charge in [-0.25, -0.2) is 0 Å². The number of rotatable bonds is 6. The van der Waals surface area contributed by atoms with Crippen molar-refractivity contribution in [3.05, 3.63) is 35.4 Å². The van der Waals surface area contributed by atoms with Crippen molar-refractivity contribution in [3.8, 4) is 0 Å². The molecule has 1 aromatic carbocycles. The van der Waals surface area contributed by atoms with E-state index in [9.17, 15) is 4.79 Å². The average Bonchev–Trinajstić information content (AvgIpc) is 2.31. The van der Waals surface area contributed by atoms with Gasteiger partial charge in [-0.2, -0.15) is 0 Å². The molecular formula is C15H24N2O. The van der Waals surface area contributed by atoms with E-state index >= 15 is 0 Å². The third kappa shape index (κ3) is 5.32. The minimum absolute atomic E-state index is 0.0811. The van der Waals surface area contributed by atoms with E-state index in [0.29, 0.717) is 13.0 Å². The molecule has 1 amide bonds. The molecule has 1 rings (SSSR count). The van der Waals surface area contributed by atoms with Crippen LogP contribution in [0.25, 0.3) is 0 Å². The number of benzene rings is 1. The highest BCUT2D eigenvalue weighted by Gasteiger charge is 2.17. The van der Waals surface area contributed by atoms with Gasteiger partial charge in [0, 0.05) is 18.5 Å². The van der Waals surface area contributed by atoms with E-state index < -0.39 is 0 Å². The first-order valence-electron chi connectivity index (χ1n) is 6.49. The van der Waals surface area contributed by atoms with Crippen molar-refractivity contribution in [2.75, 3.05) is 6.54 Å². The predicted molar refractivity (Wildman–Crippen MR) is 75.4 cm³/mol. The van der Waals surface area contributed by atoms with Gasteiger partial charge in [-0.05, 0) is 39.2 Å². The van der Waals surface area contributed by atoms with Crippen molar-refractivity contribution < 1.29 is 4.79 Å². The van der Waals surface area contributed by atoms with Crippen LogP contribution in [0.15, 0.2) is 24.3 Å². The summed E-state index contributed by atoms with van der Waals surface area (Å²) in [6.07, 6.45) is 2.36. The molecule has 0 aromatic heterocycles. The maximum absolute atomic E-state index is 11.7. The molecule has 3 nitrogen and oxygen atoms in total. The number of hydrogen-bond acceptors (Lipinski definition) is 2. The van der Waals surface area contributed by atoms with E-state index in [2.05, 4.69) is 36.5 Å². The lowest BCUT2D eigenvalue weighted by Gasteiger charge is -2.24. The first kappa shape index (κ1) is 14.7. The van der Waals surface area contributed by atoms with Crippen LogP contribution in [0, 0.1) is 6.92 Å². The molecule has 18 heavy (non-hydrogen) atoms. The summed E-state index contributed by atoms with van der Waals surface area (Å²) in [4.78, 5) is 11.7. The van der Waals surface area contributed by atoms with E-state index in [1.54, 1.807) is 0 Å². The number of carbonyl (C=O) groups is 1. The van der Waals surface area contributed by atoms with E-state index in [-0.39, 0.29) is 11.4 Å². The fourth-order valence-corrected chi connectivity index (χ4v) is 1.70. The van der Waals surface area contributed by atoms with Crippen LogP contribution in [0.2, 0.25) is 0 Å². The largest absolute Gasteiger partial charge is 0.350 e. The second kappa shape index (κ2) is 6.55. The van der Waals surface area contributed by atoms with Gasteiger partial charge < -0.3 is 11.1 Å². The van der Waals surface area contributed by atoms with Crippen molar-refractivity contribution in [2.45, 2.75) is 45.6 Å². The summed E-state index contributed by atoms with van der Waals surface area (Å²) in [7, 11) is 0. The van der Waals surface area contributed by atoms with E-state index in [0.717, 1.165) is 12.8 Å². The van der Waals surface area contributed by atoms with Gasteiger partial charge in [0.05, 0.1) is 0 Å². The zero-order valence-electron chi connectivity index (χ0n) is 11.6. The van der Waals surface area contributed by atoms with Crippen molar-refractivity contribution in [1.82, 2.24) is 5.32 Å². The monoisotopic (exact) mass is 248 g/mol. The highest BCUT2D eigenvalue weighted by molar-refractivity contribution is 5.76. The zero-order chi connectivity index (χ0) is 13.6. The molecule has 0 fully saturated rings. The van der Waals surface area contributed by atoms with E-state index in [4.69, 9.17) is 5.73 Å². The lowest BCUT2D eigenvalue weighted by atomic mass is 10.0. The molecule has 0 saturated carbocycles. The number of aryl methyl sites for hydroxylation is 2. The molecule has 100 valence electrons. The fourth-order valence-electron chi connectivity index (χ4n) is 1.70. The second-order valence-corrected chi connectivity index (χ2v) is 5.48. The molecule has 0 unspecified atom stereocenters. The summed E-state index contributed by atoms with van der Waals surface area (Å²) in [6, 6.07) is 8.45. The van der Waals surface area contributed by atoms with Gasteiger partial charge in [0.1, 0.15) is 0 Å². The van der Waals surface area contributed by atoms with Crippen molar-refractivity contribution in [2.24, 2.45) is 5.73 Å². The Morgan fingerprint density at radius 3 is 2.44 bits per heavy atom. The first-order chi connectivity index (χ1) is 8.43. The van der Waals surface area contributed by atoms with E-state index in [1.165, 1.54) is 11.1 Å². The Labute approximate surface area is 110 Å². The molecule has 0 aliphatic rings. The van der Waals surface area contributed by atoms with Gasteiger partial charge in [-0.15, -0.1) is 0 Å². The Balaban J connectivity index is 2.29. The van der Waals surface area contributed by atoms with Crippen LogP contribution in [0.1, 0.15) is 37.8 Å². The molecule has 3 N–H and O–H groups in total. The molecule has 0 heterocycles. The van der Waals surface area contributed by atoms with Gasteiger partial charge in [-0.1, -0.05) is 29.8 Å². The van der Waals surface area contributed by atoms with Gasteiger partial charge in [-0.3, -0.25) is 4.79 Å². The number of amides is 1. The van der Waals surface area contributed by atoms with Crippen LogP contribution in [-0.2, 0) is 11.2 Å². The number of carbonyl (C=O) groups excluding carboxylic acids is 1. The SMILES string of the molecule is Cc1ccc(CCCC(=O)NC(C)(C)CN)cc1. The van der Waals surface area contributed by atoms with Gasteiger partial charge >= 0.3 is 0 Å². The second-order valence-electron chi connectivity index (χ2n) is 5.48. The van der Waals surface area contributed by atoms with Crippen LogP contribution in [0.5, 0.6) is 0 Å². The van der Waals surface area contributed by atoms with Gasteiger partial charge in [0.2, 0.25) is 5.91 Å². The maximum atomic E-state index is 11.7. The smallest absolute Gasteiger partial charge is 0.220 e. The molecule has 0 atom stereocenters. The topological polar surface area (TPSA) is 55.1 Å². The van der Waals surface area contributed by atoms with Crippen molar-refractivity contribution >= 4 is 5.91 Å². The van der Waals surface area contributed by atoms with Crippen molar-refractivity contribution in [1.29, 1.82) is 0 Å². The number of hydrogen-bond donors (Lipinski definition) is 2. The third-order valence-electron chi connectivity index (χ3n) is 2.98. The molecule has 0 bridgehead atoms. The molecule has 0 radical (unpaired) electrons. The van der Waals surface area contributed by atoms with Gasteiger partial charge in [0.15, 0.2) is 0 Å². The highest BCUT2D eigenvalue weighted by atomic mass is 16.1. The molecule has 0 saturated heterocycles. The van der Waals surface area contributed by atoms with Crippen LogP contribution in [-0.4, -0.2) is 18.0 Å². The Hall–Kier alpha value is -1.35. The Kier molecular flexibility index (Phi) is 5.35. The van der Waals surface area contributed by atoms with Crippen LogP contribution >= 0.6 is 0 Å². The molecule has 1 aromatic rings.